The maximum absolute atomic E-state index is 12.9. The van der Waals surface area contributed by atoms with Crippen LogP contribution in [0.4, 0.5) is 5.69 Å². The van der Waals surface area contributed by atoms with Gasteiger partial charge in [0.25, 0.3) is 10.0 Å². The molecule has 2 rings (SSSR count). The fraction of sp³-hybridized carbons (Fsp3) is 0.333. The number of nitrogens with zero attached hydrogens (tertiary/aromatic N) is 1. The monoisotopic (exact) mass is 396 g/mol. The van der Waals surface area contributed by atoms with Gasteiger partial charge in [0, 0.05) is 19.8 Å². The first kappa shape index (κ1) is 20.4. The molecule has 0 spiro atoms. The Labute approximate surface area is 156 Å². The highest BCUT2D eigenvalue weighted by Gasteiger charge is 2.23. The summed E-state index contributed by atoms with van der Waals surface area (Å²) < 4.78 is 53.7. The third-order valence-electron chi connectivity index (χ3n) is 4.45. The van der Waals surface area contributed by atoms with Gasteiger partial charge in [-0.2, -0.15) is 0 Å². The number of sulfonamides is 2. The highest BCUT2D eigenvalue weighted by atomic mass is 32.2. The fourth-order valence-electron chi connectivity index (χ4n) is 2.70. The summed E-state index contributed by atoms with van der Waals surface area (Å²) in [5.41, 5.74) is 3.52. The van der Waals surface area contributed by atoms with Gasteiger partial charge in [-0.15, -0.1) is 0 Å². The third-order valence-corrected chi connectivity index (χ3v) is 7.93. The Hall–Kier alpha value is -1.90. The van der Waals surface area contributed by atoms with Gasteiger partial charge in [0.15, 0.2) is 0 Å². The molecular weight excluding hydrogens is 372 g/mol. The van der Waals surface area contributed by atoms with Crippen LogP contribution in [0.2, 0.25) is 0 Å². The van der Waals surface area contributed by atoms with Gasteiger partial charge in [-0.1, -0.05) is 6.07 Å². The lowest BCUT2D eigenvalue weighted by molar-refractivity contribution is 0.521. The number of rotatable bonds is 5. The fourth-order valence-corrected chi connectivity index (χ4v) is 5.27. The topological polar surface area (TPSA) is 83.5 Å². The van der Waals surface area contributed by atoms with Crippen LogP contribution in [-0.2, 0) is 20.0 Å². The van der Waals surface area contributed by atoms with E-state index in [9.17, 15) is 16.8 Å². The third kappa shape index (κ3) is 3.77. The van der Waals surface area contributed by atoms with E-state index in [1.54, 1.807) is 13.8 Å². The Kier molecular flexibility index (Phi) is 5.51. The summed E-state index contributed by atoms with van der Waals surface area (Å²) in [6, 6.07) is 7.62. The minimum absolute atomic E-state index is 0.101. The van der Waals surface area contributed by atoms with Crippen molar-refractivity contribution in [3.63, 3.8) is 0 Å². The first-order valence-electron chi connectivity index (χ1n) is 8.00. The van der Waals surface area contributed by atoms with Gasteiger partial charge < -0.3 is 0 Å². The van der Waals surface area contributed by atoms with Crippen molar-refractivity contribution in [2.75, 3.05) is 18.8 Å². The molecule has 8 heteroatoms. The molecule has 0 aliphatic carbocycles. The standard InChI is InChI=1S/C18H24N2O4S2/c1-12-11-13(2)15(4)18(14(12)3)25(21,22)19-16-7-9-17(10-8-16)26(23,24)20(5)6/h7-11,19H,1-6H3. The first-order valence-corrected chi connectivity index (χ1v) is 10.9. The van der Waals surface area contributed by atoms with Crippen LogP contribution in [-0.4, -0.2) is 35.2 Å². The zero-order chi connectivity index (χ0) is 19.9. The Bertz CT molecular complexity index is 1010. The lowest BCUT2D eigenvalue weighted by atomic mass is 10.0. The molecule has 0 saturated heterocycles. The van der Waals surface area contributed by atoms with Crippen molar-refractivity contribution in [3.05, 3.63) is 52.6 Å². The van der Waals surface area contributed by atoms with Crippen molar-refractivity contribution in [1.82, 2.24) is 4.31 Å². The zero-order valence-electron chi connectivity index (χ0n) is 15.8. The van der Waals surface area contributed by atoms with Crippen LogP contribution < -0.4 is 4.72 Å². The number of aryl methyl sites for hydroxylation is 2. The summed E-state index contributed by atoms with van der Waals surface area (Å²) in [4.78, 5) is 0.365. The maximum atomic E-state index is 12.9. The lowest BCUT2D eigenvalue weighted by Crippen LogP contribution is -2.22. The first-order chi connectivity index (χ1) is 11.9. The second-order valence-electron chi connectivity index (χ2n) is 6.51. The van der Waals surface area contributed by atoms with Crippen molar-refractivity contribution in [2.24, 2.45) is 0 Å². The highest BCUT2D eigenvalue weighted by molar-refractivity contribution is 7.92. The van der Waals surface area contributed by atoms with Gasteiger partial charge in [-0.3, -0.25) is 4.72 Å². The SMILES string of the molecule is Cc1cc(C)c(C)c(S(=O)(=O)Nc2ccc(S(=O)(=O)N(C)C)cc2)c1C. The molecule has 0 aromatic heterocycles. The molecule has 6 nitrogen and oxygen atoms in total. The molecule has 0 atom stereocenters. The van der Waals surface area contributed by atoms with Crippen LogP contribution >= 0.6 is 0 Å². The molecule has 0 heterocycles. The van der Waals surface area contributed by atoms with Crippen LogP contribution in [0.5, 0.6) is 0 Å². The van der Waals surface area contributed by atoms with E-state index in [0.717, 1.165) is 15.4 Å². The second kappa shape index (κ2) is 7.02. The molecule has 142 valence electrons. The van der Waals surface area contributed by atoms with Crippen LogP contribution in [0.3, 0.4) is 0 Å². The van der Waals surface area contributed by atoms with Gasteiger partial charge >= 0.3 is 0 Å². The minimum atomic E-state index is -3.79. The van der Waals surface area contributed by atoms with Gasteiger partial charge in [0.05, 0.1) is 9.79 Å². The van der Waals surface area contributed by atoms with Gasteiger partial charge in [0.1, 0.15) is 0 Å². The highest BCUT2D eigenvalue weighted by Crippen LogP contribution is 2.28. The maximum Gasteiger partial charge on any atom is 0.262 e. The van der Waals surface area contributed by atoms with Crippen molar-refractivity contribution in [3.8, 4) is 0 Å². The normalized spacial score (nSPS) is 12.4. The van der Waals surface area contributed by atoms with Gasteiger partial charge in [-0.05, 0) is 74.2 Å². The summed E-state index contributed by atoms with van der Waals surface area (Å²) in [6.45, 7) is 7.32. The van der Waals surface area contributed by atoms with Crippen molar-refractivity contribution >= 4 is 25.7 Å². The van der Waals surface area contributed by atoms with E-state index >= 15 is 0 Å². The summed E-state index contributed by atoms with van der Waals surface area (Å²) in [5, 5.41) is 0. The summed E-state index contributed by atoms with van der Waals surface area (Å²) in [5.74, 6) is 0. The van der Waals surface area contributed by atoms with E-state index in [-0.39, 0.29) is 9.79 Å². The van der Waals surface area contributed by atoms with Gasteiger partial charge in [0.2, 0.25) is 10.0 Å². The zero-order valence-corrected chi connectivity index (χ0v) is 17.4. The Morgan fingerprint density at radius 2 is 1.27 bits per heavy atom. The van der Waals surface area contributed by atoms with E-state index in [1.165, 1.54) is 38.4 Å². The Balaban J connectivity index is 2.43. The largest absolute Gasteiger partial charge is 0.280 e. The molecule has 0 aliphatic heterocycles. The van der Waals surface area contributed by atoms with Crippen LogP contribution in [0.15, 0.2) is 40.1 Å². The summed E-state index contributed by atoms with van der Waals surface area (Å²) in [6.07, 6.45) is 0. The molecule has 2 aromatic carbocycles. The molecule has 26 heavy (non-hydrogen) atoms. The number of benzene rings is 2. The lowest BCUT2D eigenvalue weighted by Gasteiger charge is -2.17. The van der Waals surface area contributed by atoms with Crippen molar-refractivity contribution in [2.45, 2.75) is 37.5 Å². The molecule has 0 aliphatic rings. The van der Waals surface area contributed by atoms with Gasteiger partial charge in [-0.25, -0.2) is 21.1 Å². The quantitative estimate of drug-likeness (QED) is 0.842. The Morgan fingerprint density at radius 3 is 1.69 bits per heavy atom. The molecule has 0 saturated carbocycles. The number of hydrogen-bond acceptors (Lipinski definition) is 4. The summed E-state index contributed by atoms with van der Waals surface area (Å²) in [7, 11) is -4.47. The predicted molar refractivity (Wildman–Crippen MR) is 104 cm³/mol. The molecule has 0 amide bonds. The van der Waals surface area contributed by atoms with E-state index in [0.29, 0.717) is 16.8 Å². The van der Waals surface area contributed by atoms with E-state index < -0.39 is 20.0 Å². The number of anilines is 1. The molecule has 0 bridgehead atoms. The van der Waals surface area contributed by atoms with E-state index in [4.69, 9.17) is 0 Å². The summed E-state index contributed by atoms with van der Waals surface area (Å²) >= 11 is 0. The number of nitrogens with one attached hydrogen (secondary N) is 1. The van der Waals surface area contributed by atoms with Crippen LogP contribution in [0.1, 0.15) is 22.3 Å². The van der Waals surface area contributed by atoms with Crippen LogP contribution in [0, 0.1) is 27.7 Å². The second-order valence-corrected chi connectivity index (χ2v) is 10.3. The molecule has 1 N–H and O–H groups in total. The van der Waals surface area contributed by atoms with Crippen molar-refractivity contribution in [1.29, 1.82) is 0 Å². The molecule has 2 aromatic rings. The molecule has 0 unspecified atom stereocenters. The minimum Gasteiger partial charge on any atom is -0.280 e. The molecule has 0 fully saturated rings. The molecular formula is C18H24N2O4S2. The average molecular weight is 397 g/mol. The average Bonchev–Trinajstić information content (AvgIpc) is 2.53. The van der Waals surface area contributed by atoms with E-state index in [1.807, 2.05) is 19.9 Å². The van der Waals surface area contributed by atoms with Crippen LogP contribution in [0.25, 0.3) is 0 Å². The smallest absolute Gasteiger partial charge is 0.262 e. The number of hydrogen-bond donors (Lipinski definition) is 1. The predicted octanol–water partition coefficient (Wildman–Crippen LogP) is 2.97. The van der Waals surface area contributed by atoms with Crippen molar-refractivity contribution < 1.29 is 16.8 Å². The molecule has 0 radical (unpaired) electrons. The van der Waals surface area contributed by atoms with E-state index in [2.05, 4.69) is 4.72 Å². The Morgan fingerprint density at radius 1 is 0.808 bits per heavy atom.